The van der Waals surface area contributed by atoms with Gasteiger partial charge in [-0.15, -0.1) is 0 Å². The molecule has 0 saturated carbocycles. The predicted octanol–water partition coefficient (Wildman–Crippen LogP) is 11.0. The fourth-order valence-electron chi connectivity index (χ4n) is 8.21. The van der Waals surface area contributed by atoms with Gasteiger partial charge in [-0.05, 0) is 82.9 Å². The highest BCUT2D eigenvalue weighted by atomic mass is 15.2. The van der Waals surface area contributed by atoms with Crippen molar-refractivity contribution in [1.29, 1.82) is 0 Å². The van der Waals surface area contributed by atoms with Crippen molar-refractivity contribution in [2.24, 2.45) is 0 Å². The first-order valence-corrected chi connectivity index (χ1v) is 18.6. The highest BCUT2D eigenvalue weighted by Crippen LogP contribution is 2.35. The predicted molar refractivity (Wildman–Crippen MR) is 225 cm³/mol. The molecular weight excluding hydrogens is 689 g/mol. The molecule has 8 nitrogen and oxygen atoms in total. The highest BCUT2D eigenvalue weighted by molar-refractivity contribution is 5.95. The van der Waals surface area contributed by atoms with Crippen LogP contribution in [0.5, 0.6) is 0 Å². The quantitative estimate of drug-likeness (QED) is 0.178. The van der Waals surface area contributed by atoms with Crippen LogP contribution < -0.4 is 0 Å². The van der Waals surface area contributed by atoms with Crippen LogP contribution in [0.4, 0.5) is 0 Å². The van der Waals surface area contributed by atoms with Crippen molar-refractivity contribution in [2.45, 2.75) is 0 Å². The Labute approximate surface area is 319 Å². The average molecular weight is 719 g/mol. The molecule has 0 spiro atoms. The monoisotopic (exact) mass is 718 g/mol. The van der Waals surface area contributed by atoms with Crippen LogP contribution in [0.3, 0.4) is 0 Å². The van der Waals surface area contributed by atoms with Gasteiger partial charge in [0.1, 0.15) is 0 Å². The molecule has 6 heterocycles. The van der Waals surface area contributed by atoms with Gasteiger partial charge in [-0.25, -0.2) is 19.9 Å². The number of hydrogen-bond acceptors (Lipinski definition) is 4. The number of aromatic nitrogens is 8. The molecule has 0 atom stereocenters. The summed E-state index contributed by atoms with van der Waals surface area (Å²) in [5, 5.41) is 0. The van der Waals surface area contributed by atoms with Crippen molar-refractivity contribution in [1.82, 2.24) is 37.9 Å². The van der Waals surface area contributed by atoms with E-state index in [-0.39, 0.29) is 0 Å². The second-order valence-electron chi connectivity index (χ2n) is 14.1. The number of fused-ring (bicyclic) bond motifs is 10. The lowest BCUT2D eigenvalue weighted by atomic mass is 10.1. The maximum Gasteiger partial charge on any atom is 0.221 e. The van der Waals surface area contributed by atoms with Crippen molar-refractivity contribution < 1.29 is 0 Å². The number of nitrogens with zero attached hydrogens (tertiary/aromatic N) is 8. The van der Waals surface area contributed by atoms with E-state index in [1.54, 1.807) is 0 Å². The first-order valence-electron chi connectivity index (χ1n) is 18.6. The number of rotatable bonds is 5. The second-order valence-corrected chi connectivity index (χ2v) is 14.1. The van der Waals surface area contributed by atoms with Gasteiger partial charge in [-0.2, -0.15) is 0 Å². The summed E-state index contributed by atoms with van der Waals surface area (Å²) in [6.07, 6.45) is 3.90. The van der Waals surface area contributed by atoms with Crippen LogP contribution in [-0.2, 0) is 0 Å². The molecule has 262 valence electrons. The van der Waals surface area contributed by atoms with Crippen LogP contribution in [0.2, 0.25) is 0 Å². The Kier molecular flexibility index (Phi) is 6.47. The van der Waals surface area contributed by atoms with Crippen LogP contribution >= 0.6 is 0 Å². The van der Waals surface area contributed by atoms with E-state index in [1.165, 1.54) is 11.1 Å². The van der Waals surface area contributed by atoms with Gasteiger partial charge in [0.25, 0.3) is 0 Å². The third-order valence-corrected chi connectivity index (χ3v) is 10.9. The molecule has 0 saturated heterocycles. The number of pyridine rings is 2. The molecule has 0 fully saturated rings. The maximum atomic E-state index is 5.15. The summed E-state index contributed by atoms with van der Waals surface area (Å²) in [7, 11) is 0. The third kappa shape index (κ3) is 4.53. The normalized spacial score (nSPS) is 11.9. The standard InChI is InChI=1S/C48H30N8/c1-3-11-31(12-4-1)33-19-23-37(24-20-33)53-45-43(55-41-17-9-7-15-39(41)51-47(53)55)27-35(29-49-45)36-28-44-46(50-30-36)54(48-52-40-16-8-10-18-42(40)56(44)48)38-25-21-34(22-26-38)32-13-5-2-6-14-32/h1-30H. The maximum absolute atomic E-state index is 5.15. The number of para-hydroxylation sites is 4. The van der Waals surface area contributed by atoms with Crippen molar-refractivity contribution >= 4 is 55.9 Å². The van der Waals surface area contributed by atoms with Crippen molar-refractivity contribution in [3.63, 3.8) is 0 Å². The summed E-state index contributed by atoms with van der Waals surface area (Å²) in [5.74, 6) is 1.63. The molecule has 0 aliphatic rings. The molecule has 0 aliphatic carbocycles. The summed E-state index contributed by atoms with van der Waals surface area (Å²) >= 11 is 0. The van der Waals surface area contributed by atoms with E-state index < -0.39 is 0 Å². The van der Waals surface area contributed by atoms with Crippen molar-refractivity contribution in [3.05, 3.63) is 182 Å². The molecule has 0 N–H and O–H groups in total. The molecule has 6 aromatic heterocycles. The van der Waals surface area contributed by atoms with Gasteiger partial charge in [0, 0.05) is 23.5 Å². The largest absolute Gasteiger partial charge is 0.274 e. The van der Waals surface area contributed by atoms with Crippen LogP contribution in [0.25, 0.3) is 101 Å². The number of imidazole rings is 4. The van der Waals surface area contributed by atoms with Gasteiger partial charge in [0.2, 0.25) is 11.6 Å². The third-order valence-electron chi connectivity index (χ3n) is 10.9. The Morgan fingerprint density at radius 1 is 0.321 bits per heavy atom. The first-order chi connectivity index (χ1) is 27.8. The summed E-state index contributed by atoms with van der Waals surface area (Å²) < 4.78 is 8.74. The zero-order valence-corrected chi connectivity index (χ0v) is 29.9. The molecule has 0 amide bonds. The minimum atomic E-state index is 0.814. The smallest absolute Gasteiger partial charge is 0.221 e. The highest BCUT2D eigenvalue weighted by Gasteiger charge is 2.22. The van der Waals surface area contributed by atoms with Gasteiger partial charge in [0.05, 0.1) is 44.5 Å². The molecule has 56 heavy (non-hydrogen) atoms. The summed E-state index contributed by atoms with van der Waals surface area (Å²) in [4.78, 5) is 20.5. The Hall–Kier alpha value is -7.84. The van der Waals surface area contributed by atoms with Gasteiger partial charge >= 0.3 is 0 Å². The Morgan fingerprint density at radius 3 is 1.12 bits per heavy atom. The molecule has 0 aliphatic heterocycles. The summed E-state index contributed by atoms with van der Waals surface area (Å²) in [5.41, 5.74) is 16.1. The van der Waals surface area contributed by atoms with E-state index >= 15 is 0 Å². The van der Waals surface area contributed by atoms with E-state index in [0.29, 0.717) is 0 Å². The van der Waals surface area contributed by atoms with Gasteiger partial charge in [-0.1, -0.05) is 109 Å². The fourth-order valence-corrected chi connectivity index (χ4v) is 8.21. The van der Waals surface area contributed by atoms with Gasteiger partial charge in [-0.3, -0.25) is 17.9 Å². The second kappa shape index (κ2) is 11.8. The lowest BCUT2D eigenvalue weighted by molar-refractivity contribution is 1.09. The first kappa shape index (κ1) is 30.6. The lowest BCUT2D eigenvalue weighted by Gasteiger charge is -2.08. The molecule has 12 aromatic rings. The average Bonchev–Trinajstić information content (AvgIpc) is 4.00. The summed E-state index contributed by atoms with van der Waals surface area (Å²) in [6.45, 7) is 0. The van der Waals surface area contributed by atoms with Crippen LogP contribution in [0, 0.1) is 0 Å². The van der Waals surface area contributed by atoms with Crippen LogP contribution in [-0.4, -0.2) is 37.9 Å². The SMILES string of the molecule is c1ccc(-c2ccc(-n3c4ncc(-c5cnc6c(c5)n5c7ccccc7nc5n6-c5ccc(-c6ccccc6)cc5)cc4n4c5ccccc5nc34)cc2)cc1. The molecule has 8 heteroatoms. The van der Waals surface area contributed by atoms with E-state index in [9.17, 15) is 0 Å². The molecule has 6 aromatic carbocycles. The van der Waals surface area contributed by atoms with Crippen LogP contribution in [0.15, 0.2) is 182 Å². The van der Waals surface area contributed by atoms with E-state index in [0.717, 1.165) is 89.6 Å². The van der Waals surface area contributed by atoms with E-state index in [4.69, 9.17) is 19.9 Å². The van der Waals surface area contributed by atoms with E-state index in [2.05, 4.69) is 164 Å². The lowest BCUT2D eigenvalue weighted by Crippen LogP contribution is -1.97. The van der Waals surface area contributed by atoms with Crippen molar-refractivity contribution in [2.75, 3.05) is 0 Å². The molecule has 0 bridgehead atoms. The zero-order valence-electron chi connectivity index (χ0n) is 29.9. The van der Waals surface area contributed by atoms with Gasteiger partial charge in [0.15, 0.2) is 11.3 Å². The Balaban J connectivity index is 1.04. The molecular formula is C48H30N8. The Morgan fingerprint density at radius 2 is 0.696 bits per heavy atom. The van der Waals surface area contributed by atoms with Crippen molar-refractivity contribution in [3.8, 4) is 44.8 Å². The summed E-state index contributed by atoms with van der Waals surface area (Å²) in [6, 6.07) is 59.1. The number of hydrogen-bond donors (Lipinski definition) is 0. The molecule has 12 rings (SSSR count). The zero-order chi connectivity index (χ0) is 36.7. The fraction of sp³-hybridized carbons (Fsp3) is 0. The minimum Gasteiger partial charge on any atom is -0.274 e. The minimum absolute atomic E-state index is 0.814. The molecule has 0 radical (unpaired) electrons. The van der Waals surface area contributed by atoms with E-state index in [1.807, 2.05) is 36.7 Å². The molecule has 0 unspecified atom stereocenters. The topological polar surface area (TPSA) is 70.2 Å². The van der Waals surface area contributed by atoms with Crippen LogP contribution in [0.1, 0.15) is 0 Å². The Bertz CT molecular complexity index is 3210. The number of benzene rings is 6. The van der Waals surface area contributed by atoms with Gasteiger partial charge < -0.3 is 0 Å².